The standard InChI is InChI=1S/C23H28Cl3N3O4S/c1-15(2)12-27-23(31)16(3)29(13-17-5-10-20(25)21(26)11-17)22(30)14-28(4)34(32,33)19-8-6-18(24)7-9-19/h5-11,15-16H,12-14H2,1-4H3,(H,27,31)/t16-/m1/s1. The third-order valence-electron chi connectivity index (χ3n) is 5.07. The molecule has 0 spiro atoms. The molecule has 0 aliphatic rings. The lowest BCUT2D eigenvalue weighted by Crippen LogP contribution is -2.51. The topological polar surface area (TPSA) is 86.8 Å². The number of sulfonamides is 1. The fourth-order valence-corrected chi connectivity index (χ4v) is 4.59. The SMILES string of the molecule is CC(C)CNC(=O)[C@@H](C)N(Cc1ccc(Cl)c(Cl)c1)C(=O)CN(C)S(=O)(=O)c1ccc(Cl)cc1. The molecule has 34 heavy (non-hydrogen) atoms. The number of hydrogen-bond donors (Lipinski definition) is 1. The molecule has 0 unspecified atom stereocenters. The van der Waals surface area contributed by atoms with Gasteiger partial charge in [-0.3, -0.25) is 9.59 Å². The molecule has 1 atom stereocenters. The summed E-state index contributed by atoms with van der Waals surface area (Å²) in [6.45, 7) is 5.54. The van der Waals surface area contributed by atoms with Crippen molar-refractivity contribution in [3.05, 3.63) is 63.1 Å². The maximum absolute atomic E-state index is 13.3. The smallest absolute Gasteiger partial charge is 0.243 e. The lowest BCUT2D eigenvalue weighted by atomic mass is 10.1. The molecule has 2 rings (SSSR count). The van der Waals surface area contributed by atoms with E-state index in [1.165, 1.54) is 36.2 Å². The summed E-state index contributed by atoms with van der Waals surface area (Å²) in [6, 6.07) is 9.71. The van der Waals surface area contributed by atoms with E-state index in [0.717, 1.165) is 4.31 Å². The monoisotopic (exact) mass is 547 g/mol. The van der Waals surface area contributed by atoms with Crippen molar-refractivity contribution in [1.82, 2.24) is 14.5 Å². The summed E-state index contributed by atoms with van der Waals surface area (Å²) < 4.78 is 26.8. The van der Waals surface area contributed by atoms with Crippen LogP contribution in [0.4, 0.5) is 0 Å². The molecule has 0 heterocycles. The first-order valence-corrected chi connectivity index (χ1v) is 13.1. The quantitative estimate of drug-likeness (QED) is 0.475. The van der Waals surface area contributed by atoms with Crippen LogP contribution in [-0.2, 0) is 26.2 Å². The number of nitrogens with one attached hydrogen (secondary N) is 1. The molecule has 2 aromatic rings. The van der Waals surface area contributed by atoms with Crippen LogP contribution in [0.1, 0.15) is 26.3 Å². The van der Waals surface area contributed by atoms with Gasteiger partial charge >= 0.3 is 0 Å². The maximum atomic E-state index is 13.3. The van der Waals surface area contributed by atoms with Crippen LogP contribution < -0.4 is 5.32 Å². The maximum Gasteiger partial charge on any atom is 0.243 e. The van der Waals surface area contributed by atoms with Gasteiger partial charge < -0.3 is 10.2 Å². The highest BCUT2D eigenvalue weighted by Gasteiger charge is 2.30. The number of hydrogen-bond acceptors (Lipinski definition) is 4. The first-order chi connectivity index (χ1) is 15.8. The van der Waals surface area contributed by atoms with Gasteiger partial charge in [0.1, 0.15) is 6.04 Å². The molecule has 11 heteroatoms. The minimum Gasteiger partial charge on any atom is -0.354 e. The highest BCUT2D eigenvalue weighted by atomic mass is 35.5. The highest BCUT2D eigenvalue weighted by molar-refractivity contribution is 7.89. The Labute approximate surface area is 216 Å². The third kappa shape index (κ3) is 7.58. The van der Waals surface area contributed by atoms with E-state index in [1.807, 2.05) is 13.8 Å². The van der Waals surface area contributed by atoms with E-state index in [0.29, 0.717) is 27.2 Å². The number of likely N-dealkylation sites (N-methyl/N-ethyl adjacent to an activating group) is 1. The van der Waals surface area contributed by atoms with E-state index >= 15 is 0 Å². The molecule has 0 bridgehead atoms. The van der Waals surface area contributed by atoms with E-state index in [9.17, 15) is 18.0 Å². The van der Waals surface area contributed by atoms with Gasteiger partial charge in [0.05, 0.1) is 21.5 Å². The largest absolute Gasteiger partial charge is 0.354 e. The molecule has 0 aliphatic heterocycles. The van der Waals surface area contributed by atoms with Crippen LogP contribution in [0.5, 0.6) is 0 Å². The van der Waals surface area contributed by atoms with Crippen LogP contribution in [0.25, 0.3) is 0 Å². The third-order valence-corrected chi connectivity index (χ3v) is 7.88. The van der Waals surface area contributed by atoms with Crippen molar-refractivity contribution in [2.45, 2.75) is 38.3 Å². The van der Waals surface area contributed by atoms with Crippen LogP contribution in [0.3, 0.4) is 0 Å². The number of nitrogens with zero attached hydrogens (tertiary/aromatic N) is 2. The van der Waals surface area contributed by atoms with Crippen molar-refractivity contribution in [2.24, 2.45) is 5.92 Å². The van der Waals surface area contributed by atoms with E-state index in [1.54, 1.807) is 25.1 Å². The first kappa shape index (κ1) is 28.4. The molecule has 1 N–H and O–H groups in total. The minimum atomic E-state index is -3.95. The van der Waals surface area contributed by atoms with E-state index in [2.05, 4.69) is 5.32 Å². The number of benzene rings is 2. The lowest BCUT2D eigenvalue weighted by Gasteiger charge is -2.30. The summed E-state index contributed by atoms with van der Waals surface area (Å²) >= 11 is 18.0. The van der Waals surface area contributed by atoms with Crippen molar-refractivity contribution >= 4 is 56.6 Å². The summed E-state index contributed by atoms with van der Waals surface area (Å²) in [5.41, 5.74) is 0.648. The second kappa shape index (κ2) is 12.2. The Hall–Kier alpha value is -1.84. The second-order valence-electron chi connectivity index (χ2n) is 8.30. The first-order valence-electron chi connectivity index (χ1n) is 10.6. The number of amides is 2. The van der Waals surface area contributed by atoms with Gasteiger partial charge in [0, 0.05) is 25.2 Å². The zero-order valence-electron chi connectivity index (χ0n) is 19.4. The zero-order chi connectivity index (χ0) is 25.6. The number of halogens is 3. The summed E-state index contributed by atoms with van der Waals surface area (Å²) in [5, 5.41) is 3.88. The predicted octanol–water partition coefficient (Wildman–Crippen LogP) is 4.46. The van der Waals surface area contributed by atoms with Gasteiger partial charge in [-0.1, -0.05) is 54.7 Å². The van der Waals surface area contributed by atoms with Crippen LogP contribution in [0.2, 0.25) is 15.1 Å². The van der Waals surface area contributed by atoms with Crippen molar-refractivity contribution in [2.75, 3.05) is 20.1 Å². The Kier molecular flexibility index (Phi) is 10.2. The lowest BCUT2D eigenvalue weighted by molar-refractivity contribution is -0.140. The van der Waals surface area contributed by atoms with E-state index in [4.69, 9.17) is 34.8 Å². The molecular formula is C23H28Cl3N3O4S. The second-order valence-corrected chi connectivity index (χ2v) is 11.6. The van der Waals surface area contributed by atoms with Crippen molar-refractivity contribution in [1.29, 1.82) is 0 Å². The van der Waals surface area contributed by atoms with Crippen LogP contribution >= 0.6 is 34.8 Å². The number of rotatable bonds is 10. The average Bonchev–Trinajstić information content (AvgIpc) is 2.77. The molecule has 7 nitrogen and oxygen atoms in total. The molecule has 0 aliphatic carbocycles. The number of carbonyl (C=O) groups is 2. The Morgan fingerprint density at radius 2 is 1.59 bits per heavy atom. The molecule has 0 aromatic heterocycles. The van der Waals surface area contributed by atoms with Gasteiger partial charge in [-0.05, 0) is 54.8 Å². The fourth-order valence-electron chi connectivity index (χ4n) is 3.02. The Morgan fingerprint density at radius 3 is 2.15 bits per heavy atom. The minimum absolute atomic E-state index is 0.00552. The van der Waals surface area contributed by atoms with Crippen LogP contribution in [-0.4, -0.2) is 55.6 Å². The molecule has 2 amide bonds. The van der Waals surface area contributed by atoms with Gasteiger partial charge in [-0.2, -0.15) is 4.31 Å². The van der Waals surface area contributed by atoms with E-state index < -0.39 is 28.5 Å². The average molecular weight is 549 g/mol. The van der Waals surface area contributed by atoms with Gasteiger partial charge in [-0.25, -0.2) is 8.42 Å². The van der Waals surface area contributed by atoms with E-state index in [-0.39, 0.29) is 23.3 Å². The molecule has 0 fully saturated rings. The Bertz CT molecular complexity index is 1120. The molecule has 186 valence electrons. The molecule has 0 radical (unpaired) electrons. The normalized spacial score (nSPS) is 12.6. The molecule has 2 aromatic carbocycles. The zero-order valence-corrected chi connectivity index (χ0v) is 22.5. The Balaban J connectivity index is 2.28. The molecule has 0 saturated heterocycles. The summed E-state index contributed by atoms with van der Waals surface area (Å²) in [5.74, 6) is -0.658. The van der Waals surface area contributed by atoms with Crippen molar-refractivity contribution < 1.29 is 18.0 Å². The Morgan fingerprint density at radius 1 is 0.971 bits per heavy atom. The van der Waals surface area contributed by atoms with Gasteiger partial charge in [0.15, 0.2) is 0 Å². The van der Waals surface area contributed by atoms with Crippen molar-refractivity contribution in [3.8, 4) is 0 Å². The van der Waals surface area contributed by atoms with Crippen LogP contribution in [0, 0.1) is 5.92 Å². The molecule has 0 saturated carbocycles. The summed E-state index contributed by atoms with van der Waals surface area (Å²) in [4.78, 5) is 27.4. The summed E-state index contributed by atoms with van der Waals surface area (Å²) in [6.07, 6.45) is 0. The van der Waals surface area contributed by atoms with Gasteiger partial charge in [0.2, 0.25) is 21.8 Å². The highest BCUT2D eigenvalue weighted by Crippen LogP contribution is 2.24. The van der Waals surface area contributed by atoms with Gasteiger partial charge in [0.25, 0.3) is 0 Å². The fraction of sp³-hybridized carbons (Fsp3) is 0.391. The number of carbonyl (C=O) groups excluding carboxylic acids is 2. The summed E-state index contributed by atoms with van der Waals surface area (Å²) in [7, 11) is -2.64. The van der Waals surface area contributed by atoms with Gasteiger partial charge in [-0.15, -0.1) is 0 Å². The van der Waals surface area contributed by atoms with Crippen molar-refractivity contribution in [3.63, 3.8) is 0 Å². The van der Waals surface area contributed by atoms with Crippen LogP contribution in [0.15, 0.2) is 47.4 Å². The predicted molar refractivity (Wildman–Crippen MR) is 136 cm³/mol. The molecular weight excluding hydrogens is 521 g/mol.